The zero-order chi connectivity index (χ0) is 12.6. The number of ether oxygens (including phenoxy) is 3. The molecule has 0 aliphatic heterocycles. The second-order valence-electron chi connectivity index (χ2n) is 4.03. The first-order valence-corrected chi connectivity index (χ1v) is 6.77. The molecule has 4 heteroatoms. The standard InChI is InChI=1S/C13H29NO3/c1-3-4-5-7-14-8-11-17-13-12-16-10-6-9-15-2/h14H,3-13H2,1-2H3. The molecule has 0 aliphatic rings. The van der Waals surface area contributed by atoms with E-state index in [1.54, 1.807) is 7.11 Å². The van der Waals surface area contributed by atoms with E-state index < -0.39 is 0 Å². The lowest BCUT2D eigenvalue weighted by molar-refractivity contribution is 0.0408. The van der Waals surface area contributed by atoms with Crippen LogP contribution in [0.5, 0.6) is 0 Å². The summed E-state index contributed by atoms with van der Waals surface area (Å²) in [7, 11) is 1.70. The van der Waals surface area contributed by atoms with Gasteiger partial charge in [-0.3, -0.25) is 0 Å². The van der Waals surface area contributed by atoms with Gasteiger partial charge in [0, 0.05) is 26.9 Å². The summed E-state index contributed by atoms with van der Waals surface area (Å²) in [5.41, 5.74) is 0. The van der Waals surface area contributed by atoms with Crippen LogP contribution in [0.25, 0.3) is 0 Å². The average Bonchev–Trinajstić information content (AvgIpc) is 2.35. The highest BCUT2D eigenvalue weighted by atomic mass is 16.5. The summed E-state index contributed by atoms with van der Waals surface area (Å²) in [6.07, 6.45) is 4.80. The Hall–Kier alpha value is -0.160. The van der Waals surface area contributed by atoms with Crippen LogP contribution in [0.2, 0.25) is 0 Å². The van der Waals surface area contributed by atoms with E-state index in [1.165, 1.54) is 19.3 Å². The van der Waals surface area contributed by atoms with Gasteiger partial charge in [-0.05, 0) is 19.4 Å². The van der Waals surface area contributed by atoms with Crippen LogP contribution in [0.3, 0.4) is 0 Å². The summed E-state index contributed by atoms with van der Waals surface area (Å²) in [6, 6.07) is 0. The Morgan fingerprint density at radius 1 is 0.765 bits per heavy atom. The number of rotatable bonds is 14. The minimum atomic E-state index is 0.680. The lowest BCUT2D eigenvalue weighted by Gasteiger charge is -2.06. The van der Waals surface area contributed by atoms with Gasteiger partial charge in [0.2, 0.25) is 0 Å². The van der Waals surface area contributed by atoms with Crippen LogP contribution >= 0.6 is 0 Å². The molecule has 0 atom stereocenters. The van der Waals surface area contributed by atoms with Crippen LogP contribution in [0.4, 0.5) is 0 Å². The molecular weight excluding hydrogens is 218 g/mol. The topological polar surface area (TPSA) is 39.7 Å². The lowest BCUT2D eigenvalue weighted by Crippen LogP contribution is -2.21. The highest BCUT2D eigenvalue weighted by molar-refractivity contribution is 4.46. The van der Waals surface area contributed by atoms with Crippen molar-refractivity contribution >= 4 is 0 Å². The smallest absolute Gasteiger partial charge is 0.0701 e. The average molecular weight is 247 g/mol. The molecule has 0 radical (unpaired) electrons. The van der Waals surface area contributed by atoms with E-state index in [-0.39, 0.29) is 0 Å². The number of hydrogen-bond donors (Lipinski definition) is 1. The van der Waals surface area contributed by atoms with Crippen LogP contribution in [-0.2, 0) is 14.2 Å². The van der Waals surface area contributed by atoms with Crippen molar-refractivity contribution in [3.05, 3.63) is 0 Å². The SMILES string of the molecule is CCCCCNCCOCCOCCCOC. The predicted octanol–water partition coefficient (Wildman–Crippen LogP) is 1.84. The number of unbranched alkanes of at least 4 members (excludes halogenated alkanes) is 2. The van der Waals surface area contributed by atoms with Gasteiger partial charge in [0.25, 0.3) is 0 Å². The van der Waals surface area contributed by atoms with Crippen molar-refractivity contribution in [2.75, 3.05) is 53.2 Å². The van der Waals surface area contributed by atoms with Crippen molar-refractivity contribution in [3.8, 4) is 0 Å². The number of methoxy groups -OCH3 is 1. The maximum absolute atomic E-state index is 5.43. The van der Waals surface area contributed by atoms with Crippen molar-refractivity contribution < 1.29 is 14.2 Å². The van der Waals surface area contributed by atoms with Crippen molar-refractivity contribution in [1.82, 2.24) is 5.32 Å². The van der Waals surface area contributed by atoms with E-state index in [9.17, 15) is 0 Å². The van der Waals surface area contributed by atoms with Crippen molar-refractivity contribution in [1.29, 1.82) is 0 Å². The largest absolute Gasteiger partial charge is 0.385 e. The fourth-order valence-corrected chi connectivity index (χ4v) is 1.40. The van der Waals surface area contributed by atoms with Gasteiger partial charge in [-0.15, -0.1) is 0 Å². The molecule has 0 fully saturated rings. The molecule has 0 aromatic heterocycles. The van der Waals surface area contributed by atoms with E-state index >= 15 is 0 Å². The molecule has 0 aromatic rings. The lowest BCUT2D eigenvalue weighted by atomic mass is 10.2. The quantitative estimate of drug-likeness (QED) is 0.475. The van der Waals surface area contributed by atoms with Crippen LogP contribution in [-0.4, -0.2) is 53.2 Å². The van der Waals surface area contributed by atoms with Gasteiger partial charge in [-0.25, -0.2) is 0 Å². The monoisotopic (exact) mass is 247 g/mol. The first-order valence-electron chi connectivity index (χ1n) is 6.77. The Morgan fingerprint density at radius 3 is 2.24 bits per heavy atom. The molecule has 104 valence electrons. The van der Waals surface area contributed by atoms with Gasteiger partial charge in [0.05, 0.1) is 19.8 Å². The highest BCUT2D eigenvalue weighted by Gasteiger charge is 1.91. The summed E-state index contributed by atoms with van der Waals surface area (Å²) >= 11 is 0. The van der Waals surface area contributed by atoms with Gasteiger partial charge in [0.15, 0.2) is 0 Å². The van der Waals surface area contributed by atoms with E-state index in [0.29, 0.717) is 13.2 Å². The fourth-order valence-electron chi connectivity index (χ4n) is 1.40. The summed E-state index contributed by atoms with van der Waals surface area (Å²) in [6.45, 7) is 7.92. The molecule has 0 aliphatic carbocycles. The molecule has 0 spiro atoms. The Bertz CT molecular complexity index is 120. The van der Waals surface area contributed by atoms with Gasteiger partial charge in [-0.1, -0.05) is 19.8 Å². The van der Waals surface area contributed by atoms with Gasteiger partial charge in [0.1, 0.15) is 0 Å². The van der Waals surface area contributed by atoms with E-state index in [4.69, 9.17) is 14.2 Å². The number of hydrogen-bond acceptors (Lipinski definition) is 4. The number of nitrogens with one attached hydrogen (secondary N) is 1. The van der Waals surface area contributed by atoms with Gasteiger partial charge < -0.3 is 19.5 Å². The molecule has 0 heterocycles. The first kappa shape index (κ1) is 16.8. The summed E-state index contributed by atoms with van der Waals surface area (Å²) in [5.74, 6) is 0. The molecule has 0 rings (SSSR count). The fraction of sp³-hybridized carbons (Fsp3) is 1.00. The van der Waals surface area contributed by atoms with Crippen LogP contribution in [0.1, 0.15) is 32.6 Å². The second kappa shape index (κ2) is 15.8. The summed E-state index contributed by atoms with van der Waals surface area (Å²) in [5, 5.41) is 3.36. The highest BCUT2D eigenvalue weighted by Crippen LogP contribution is 1.90. The minimum absolute atomic E-state index is 0.680. The van der Waals surface area contributed by atoms with Crippen LogP contribution < -0.4 is 5.32 Å². The molecule has 4 nitrogen and oxygen atoms in total. The summed E-state index contributed by atoms with van der Waals surface area (Å²) < 4.78 is 15.7. The second-order valence-corrected chi connectivity index (χ2v) is 4.03. The molecular formula is C13H29NO3. The molecule has 0 bridgehead atoms. The van der Waals surface area contributed by atoms with E-state index in [0.717, 1.165) is 39.3 Å². The normalized spacial score (nSPS) is 10.9. The van der Waals surface area contributed by atoms with Gasteiger partial charge in [-0.2, -0.15) is 0 Å². The van der Waals surface area contributed by atoms with Crippen molar-refractivity contribution in [2.24, 2.45) is 0 Å². The maximum Gasteiger partial charge on any atom is 0.0701 e. The third kappa shape index (κ3) is 15.8. The first-order chi connectivity index (χ1) is 8.41. The molecule has 0 saturated carbocycles. The predicted molar refractivity (Wildman–Crippen MR) is 70.5 cm³/mol. The van der Waals surface area contributed by atoms with Crippen molar-refractivity contribution in [3.63, 3.8) is 0 Å². The van der Waals surface area contributed by atoms with Crippen LogP contribution in [0.15, 0.2) is 0 Å². The Labute approximate surface area is 106 Å². The van der Waals surface area contributed by atoms with E-state index in [1.807, 2.05) is 0 Å². The zero-order valence-electron chi connectivity index (χ0n) is 11.5. The molecule has 1 N–H and O–H groups in total. The molecule has 17 heavy (non-hydrogen) atoms. The van der Waals surface area contributed by atoms with Crippen molar-refractivity contribution in [2.45, 2.75) is 32.6 Å². The molecule has 0 saturated heterocycles. The minimum Gasteiger partial charge on any atom is -0.385 e. The van der Waals surface area contributed by atoms with Crippen LogP contribution in [0, 0.1) is 0 Å². The zero-order valence-corrected chi connectivity index (χ0v) is 11.5. The Balaban J connectivity index is 2.85. The van der Waals surface area contributed by atoms with E-state index in [2.05, 4.69) is 12.2 Å². The Morgan fingerprint density at radius 2 is 1.53 bits per heavy atom. The maximum atomic E-state index is 5.43. The molecule has 0 unspecified atom stereocenters. The summed E-state index contributed by atoms with van der Waals surface area (Å²) in [4.78, 5) is 0. The third-order valence-corrected chi connectivity index (χ3v) is 2.39. The molecule has 0 aromatic carbocycles. The third-order valence-electron chi connectivity index (χ3n) is 2.39. The molecule has 0 amide bonds. The van der Waals surface area contributed by atoms with Gasteiger partial charge >= 0.3 is 0 Å². The Kier molecular flexibility index (Phi) is 15.7.